The number of anilines is 1. The molecule has 0 saturated heterocycles. The van der Waals surface area contributed by atoms with E-state index in [1.165, 1.54) is 56.7 Å². The molecule has 0 spiro atoms. The van der Waals surface area contributed by atoms with Crippen molar-refractivity contribution in [3.05, 3.63) is 29.0 Å². The minimum Gasteiger partial charge on any atom is -0.324 e. The lowest BCUT2D eigenvalue weighted by atomic mass is 9.56. The summed E-state index contributed by atoms with van der Waals surface area (Å²) in [6.45, 7) is 0. The number of amides is 1. The Bertz CT molecular complexity index is 600. The van der Waals surface area contributed by atoms with Gasteiger partial charge in [0.1, 0.15) is 5.82 Å². The van der Waals surface area contributed by atoms with Gasteiger partial charge in [-0.15, -0.1) is 11.8 Å². The first kappa shape index (κ1) is 15.8. The number of benzene rings is 1. The summed E-state index contributed by atoms with van der Waals surface area (Å²) in [4.78, 5) is 12.3. The largest absolute Gasteiger partial charge is 0.324 e. The van der Waals surface area contributed by atoms with Gasteiger partial charge in [-0.3, -0.25) is 4.79 Å². The van der Waals surface area contributed by atoms with Crippen molar-refractivity contribution >= 4 is 35.0 Å². The molecule has 4 bridgehead atoms. The van der Waals surface area contributed by atoms with Crippen LogP contribution in [0, 0.1) is 23.6 Å². The third-order valence-corrected chi connectivity index (χ3v) is 7.53. The van der Waals surface area contributed by atoms with Gasteiger partial charge in [0.25, 0.3) is 0 Å². The molecule has 0 atom stereocenters. The zero-order valence-electron chi connectivity index (χ0n) is 13.0. The number of nitrogens with one attached hydrogen (secondary N) is 1. The number of carbonyl (C=O) groups excluding carboxylic acids is 1. The summed E-state index contributed by atoms with van der Waals surface area (Å²) in [6, 6.07) is 4.06. The van der Waals surface area contributed by atoms with Crippen molar-refractivity contribution in [2.75, 3.05) is 11.1 Å². The lowest BCUT2D eigenvalue weighted by Gasteiger charge is -2.56. The molecule has 0 radical (unpaired) electrons. The zero-order chi connectivity index (χ0) is 16.0. The van der Waals surface area contributed by atoms with Crippen LogP contribution < -0.4 is 5.32 Å². The molecule has 0 unspecified atom stereocenters. The van der Waals surface area contributed by atoms with E-state index in [0.29, 0.717) is 16.2 Å². The lowest BCUT2D eigenvalue weighted by molar-refractivity contribution is -0.113. The van der Waals surface area contributed by atoms with E-state index in [0.717, 1.165) is 17.8 Å². The second kappa shape index (κ2) is 5.96. The van der Waals surface area contributed by atoms with Crippen molar-refractivity contribution in [2.45, 2.75) is 43.3 Å². The van der Waals surface area contributed by atoms with Gasteiger partial charge in [0, 0.05) is 4.75 Å². The highest BCUT2D eigenvalue weighted by Crippen LogP contribution is 2.60. The van der Waals surface area contributed by atoms with Crippen molar-refractivity contribution < 1.29 is 9.18 Å². The molecule has 4 aliphatic rings. The van der Waals surface area contributed by atoms with Crippen molar-refractivity contribution in [3.8, 4) is 0 Å². The average Bonchev–Trinajstić information content (AvgIpc) is 2.47. The molecule has 4 saturated carbocycles. The zero-order valence-corrected chi connectivity index (χ0v) is 14.6. The van der Waals surface area contributed by atoms with E-state index < -0.39 is 5.82 Å². The molecule has 23 heavy (non-hydrogen) atoms. The number of thioether (sulfide) groups is 1. The number of rotatable bonds is 4. The minimum absolute atomic E-state index is 0.0424. The number of halogens is 2. The van der Waals surface area contributed by atoms with Crippen LogP contribution in [0.3, 0.4) is 0 Å². The van der Waals surface area contributed by atoms with Crippen molar-refractivity contribution in [3.63, 3.8) is 0 Å². The molecule has 5 rings (SSSR count). The van der Waals surface area contributed by atoms with Gasteiger partial charge in [-0.1, -0.05) is 11.6 Å². The molecule has 2 nitrogen and oxygen atoms in total. The molecule has 1 amide bonds. The van der Waals surface area contributed by atoms with Crippen LogP contribution in [0.4, 0.5) is 10.1 Å². The molecule has 0 aliphatic heterocycles. The second-order valence-electron chi connectivity index (χ2n) is 7.56. The highest BCUT2D eigenvalue weighted by molar-refractivity contribution is 8.01. The normalized spacial score (nSPS) is 34.6. The van der Waals surface area contributed by atoms with E-state index in [1.54, 1.807) is 0 Å². The topological polar surface area (TPSA) is 29.1 Å². The first-order chi connectivity index (χ1) is 11.0. The fraction of sp³-hybridized carbons (Fsp3) is 0.611. The summed E-state index contributed by atoms with van der Waals surface area (Å²) in [6.07, 6.45) is 8.10. The third kappa shape index (κ3) is 3.25. The van der Waals surface area contributed by atoms with Gasteiger partial charge in [0.05, 0.1) is 16.5 Å². The molecular formula is C18H21ClFNOS. The van der Waals surface area contributed by atoms with E-state index in [4.69, 9.17) is 11.6 Å². The maximum Gasteiger partial charge on any atom is 0.234 e. The molecule has 4 aliphatic carbocycles. The fourth-order valence-electron chi connectivity index (χ4n) is 5.20. The summed E-state index contributed by atoms with van der Waals surface area (Å²) >= 11 is 7.81. The summed E-state index contributed by atoms with van der Waals surface area (Å²) in [7, 11) is 0. The first-order valence-corrected chi connectivity index (χ1v) is 9.76. The number of carbonyl (C=O) groups is 1. The molecule has 1 N–H and O–H groups in total. The SMILES string of the molecule is O=C(CSC12CC3CC(CC(C3)C1)C2)Nc1ccc(F)cc1Cl. The lowest BCUT2D eigenvalue weighted by Crippen LogP contribution is -2.49. The van der Waals surface area contributed by atoms with E-state index in [9.17, 15) is 9.18 Å². The van der Waals surface area contributed by atoms with Gasteiger partial charge in [-0.25, -0.2) is 4.39 Å². The molecule has 1 aromatic rings. The summed E-state index contributed by atoms with van der Waals surface area (Å²) < 4.78 is 13.4. The van der Waals surface area contributed by atoms with Gasteiger partial charge in [-0.2, -0.15) is 0 Å². The highest BCUT2D eigenvalue weighted by Gasteiger charge is 2.51. The summed E-state index contributed by atoms with van der Waals surface area (Å²) in [5, 5.41) is 3.06. The standard InChI is InChI=1S/C18H21ClFNOS/c19-15-6-14(20)1-2-16(15)21-17(22)10-23-18-7-11-3-12(8-18)5-13(4-11)9-18/h1-2,6,11-13H,3-5,7-10H2,(H,21,22). The summed E-state index contributed by atoms with van der Waals surface area (Å²) in [5.74, 6) is 2.70. The molecule has 0 aromatic heterocycles. The van der Waals surface area contributed by atoms with Crippen LogP contribution in [0.5, 0.6) is 0 Å². The Morgan fingerprint density at radius 2 is 1.83 bits per heavy atom. The molecule has 0 heterocycles. The predicted molar refractivity (Wildman–Crippen MR) is 93.4 cm³/mol. The van der Waals surface area contributed by atoms with Crippen LogP contribution >= 0.6 is 23.4 Å². The predicted octanol–water partition coefficient (Wildman–Crippen LogP) is 5.12. The molecule has 1 aromatic carbocycles. The average molecular weight is 354 g/mol. The molecule has 5 heteroatoms. The Labute approximate surface area is 145 Å². The summed E-state index contributed by atoms with van der Waals surface area (Å²) in [5.41, 5.74) is 0.490. The van der Waals surface area contributed by atoms with E-state index in [1.807, 2.05) is 11.8 Å². The van der Waals surface area contributed by atoms with Gasteiger partial charge in [0.2, 0.25) is 5.91 Å². The van der Waals surface area contributed by atoms with Crippen LogP contribution in [0.1, 0.15) is 38.5 Å². The minimum atomic E-state index is -0.393. The Balaban J connectivity index is 1.36. The van der Waals surface area contributed by atoms with Crippen LogP contribution in [0.15, 0.2) is 18.2 Å². The maximum atomic E-state index is 13.1. The fourth-order valence-corrected chi connectivity index (χ4v) is 6.99. The maximum absolute atomic E-state index is 13.1. The third-order valence-electron chi connectivity index (χ3n) is 5.70. The van der Waals surface area contributed by atoms with Crippen molar-refractivity contribution in [1.82, 2.24) is 0 Å². The van der Waals surface area contributed by atoms with Crippen molar-refractivity contribution in [2.24, 2.45) is 17.8 Å². The number of hydrogen-bond donors (Lipinski definition) is 1. The smallest absolute Gasteiger partial charge is 0.234 e. The Hall–Kier alpha value is -0.740. The molecule has 124 valence electrons. The quantitative estimate of drug-likeness (QED) is 0.814. The molecular weight excluding hydrogens is 333 g/mol. The van der Waals surface area contributed by atoms with Crippen LogP contribution in [-0.4, -0.2) is 16.4 Å². The highest BCUT2D eigenvalue weighted by atomic mass is 35.5. The van der Waals surface area contributed by atoms with E-state index in [-0.39, 0.29) is 10.9 Å². The monoisotopic (exact) mass is 353 g/mol. The van der Waals surface area contributed by atoms with E-state index >= 15 is 0 Å². The number of hydrogen-bond acceptors (Lipinski definition) is 2. The van der Waals surface area contributed by atoms with Gasteiger partial charge < -0.3 is 5.32 Å². The van der Waals surface area contributed by atoms with Gasteiger partial charge >= 0.3 is 0 Å². The first-order valence-electron chi connectivity index (χ1n) is 8.40. The van der Waals surface area contributed by atoms with Crippen molar-refractivity contribution in [1.29, 1.82) is 0 Å². The Kier molecular flexibility index (Phi) is 4.09. The Morgan fingerprint density at radius 1 is 1.22 bits per heavy atom. The van der Waals surface area contributed by atoms with Crippen LogP contribution in [-0.2, 0) is 4.79 Å². The molecule has 4 fully saturated rings. The van der Waals surface area contributed by atoms with Gasteiger partial charge in [0.15, 0.2) is 0 Å². The van der Waals surface area contributed by atoms with E-state index in [2.05, 4.69) is 5.32 Å². The second-order valence-corrected chi connectivity index (χ2v) is 9.41. The Morgan fingerprint density at radius 3 is 2.39 bits per heavy atom. The van der Waals surface area contributed by atoms with Crippen LogP contribution in [0.2, 0.25) is 5.02 Å². The van der Waals surface area contributed by atoms with Gasteiger partial charge in [-0.05, 0) is 74.5 Å². The van der Waals surface area contributed by atoms with Crippen LogP contribution in [0.25, 0.3) is 0 Å².